The van der Waals surface area contributed by atoms with Crippen molar-refractivity contribution in [3.8, 4) is 0 Å². The molecule has 220 valence electrons. The Kier molecular flexibility index (Phi) is 6.16. The summed E-state index contributed by atoms with van der Waals surface area (Å²) in [7, 11) is 0. The predicted molar refractivity (Wildman–Crippen MR) is 148 cm³/mol. The summed E-state index contributed by atoms with van der Waals surface area (Å²) in [5, 5.41) is 21.9. The quantitative estimate of drug-likeness (QED) is 0.466. The van der Waals surface area contributed by atoms with Gasteiger partial charge in [-0.05, 0) is 104 Å². The molecule has 6 fully saturated rings. The Morgan fingerprint density at radius 3 is 2.44 bits per heavy atom. The van der Waals surface area contributed by atoms with Gasteiger partial charge in [0.2, 0.25) is 0 Å². The van der Waals surface area contributed by atoms with E-state index < -0.39 is 29.9 Å². The van der Waals surface area contributed by atoms with Crippen LogP contribution in [0.3, 0.4) is 0 Å². The molecule has 0 aromatic heterocycles. The lowest BCUT2D eigenvalue weighted by atomic mass is 9.46. The summed E-state index contributed by atoms with van der Waals surface area (Å²) in [5.41, 5.74) is -0.981. The molecule has 39 heavy (non-hydrogen) atoms. The number of hydrogen-bond donors (Lipinski definition) is 2. The Labute approximate surface area is 235 Å². The van der Waals surface area contributed by atoms with Gasteiger partial charge in [0.25, 0.3) is 0 Å². The molecule has 0 aromatic rings. The molecule has 0 bridgehead atoms. The van der Waals surface area contributed by atoms with Crippen LogP contribution in [0.25, 0.3) is 0 Å². The number of fused-ring (bicyclic) bond motifs is 4. The summed E-state index contributed by atoms with van der Waals surface area (Å²) in [6.45, 7) is 16.3. The van der Waals surface area contributed by atoms with Crippen LogP contribution in [0.4, 0.5) is 0 Å². The second kappa shape index (κ2) is 8.53. The highest BCUT2D eigenvalue weighted by Crippen LogP contribution is 2.89. The number of rotatable bonds is 4. The van der Waals surface area contributed by atoms with Crippen molar-refractivity contribution in [3.63, 3.8) is 0 Å². The number of ether oxygens (including phenoxy) is 2. The van der Waals surface area contributed by atoms with E-state index >= 15 is 0 Å². The Hall–Kier alpha value is -0.980. The number of esters is 1. The van der Waals surface area contributed by atoms with Crippen LogP contribution in [0.15, 0.2) is 0 Å². The number of Topliss-reactive ketones (excluding diaryl/α,β-unsaturated/α-hetero) is 1. The summed E-state index contributed by atoms with van der Waals surface area (Å²) in [4.78, 5) is 26.6. The minimum absolute atomic E-state index is 0.00102. The van der Waals surface area contributed by atoms with Crippen LogP contribution in [0.5, 0.6) is 0 Å². The normalized spacial score (nSPS) is 52.5. The van der Waals surface area contributed by atoms with Gasteiger partial charge in [-0.25, -0.2) is 0 Å². The predicted octanol–water partition coefficient (Wildman–Crippen LogP) is 5.32. The minimum Gasteiger partial charge on any atom is -0.457 e. The molecule has 5 saturated carbocycles. The number of hydrogen-bond acceptors (Lipinski definition) is 6. The first kappa shape index (κ1) is 28.2. The molecule has 0 amide bonds. The average Bonchev–Trinajstić information content (AvgIpc) is 3.29. The smallest absolute Gasteiger partial charge is 0.303 e. The van der Waals surface area contributed by atoms with E-state index in [0.717, 1.165) is 38.5 Å². The van der Waals surface area contributed by atoms with Gasteiger partial charge in [-0.3, -0.25) is 9.59 Å². The Bertz CT molecular complexity index is 1050. The molecular formula is C33H52O6. The number of ketones is 1. The summed E-state index contributed by atoms with van der Waals surface area (Å²) in [6, 6.07) is 0. The standard InChI is InChI=1S/C33H52O6/c1-9-19-16-21(28(30(6,7)37)38-18(3)34)39-27-24(19)31(8)14-15-32-17(2)33(32)13-12-23(35)29(4,5)22(33)11-10-20(32)25(31)26(27)36/h17,19-25,27-28,35,37H,9-16H2,1-8H3. The van der Waals surface area contributed by atoms with Gasteiger partial charge in [-0.15, -0.1) is 0 Å². The molecule has 6 rings (SSSR count). The van der Waals surface area contributed by atoms with Gasteiger partial charge < -0.3 is 19.7 Å². The zero-order valence-corrected chi connectivity index (χ0v) is 25.5. The fraction of sp³-hybridized carbons (Fsp3) is 0.939. The van der Waals surface area contributed by atoms with Crippen molar-refractivity contribution in [2.45, 2.75) is 137 Å². The second-order valence-corrected chi connectivity index (χ2v) is 16.0. The zero-order valence-electron chi connectivity index (χ0n) is 25.5. The van der Waals surface area contributed by atoms with Crippen LogP contribution in [-0.2, 0) is 19.1 Å². The number of aliphatic hydroxyl groups is 2. The molecule has 1 aliphatic heterocycles. The van der Waals surface area contributed by atoms with E-state index in [1.807, 2.05) is 0 Å². The third-order valence-electron chi connectivity index (χ3n) is 14.0. The Morgan fingerprint density at radius 2 is 1.82 bits per heavy atom. The second-order valence-electron chi connectivity index (χ2n) is 16.0. The first-order valence-electron chi connectivity index (χ1n) is 15.9. The maximum absolute atomic E-state index is 14.6. The molecular weight excluding hydrogens is 492 g/mol. The van der Waals surface area contributed by atoms with Crippen LogP contribution in [0.1, 0.15) is 107 Å². The molecule has 0 radical (unpaired) electrons. The number of carbonyl (C=O) groups excluding carboxylic acids is 2. The van der Waals surface area contributed by atoms with Crippen molar-refractivity contribution < 1.29 is 29.3 Å². The van der Waals surface area contributed by atoms with Gasteiger partial charge in [-0.2, -0.15) is 0 Å². The van der Waals surface area contributed by atoms with Gasteiger partial charge in [0, 0.05) is 18.8 Å². The molecule has 13 atom stereocenters. The lowest BCUT2D eigenvalue weighted by molar-refractivity contribution is -0.209. The van der Waals surface area contributed by atoms with Gasteiger partial charge in [0.05, 0.1) is 17.8 Å². The Balaban J connectivity index is 1.35. The zero-order chi connectivity index (χ0) is 28.5. The van der Waals surface area contributed by atoms with Gasteiger partial charge in [0.1, 0.15) is 6.10 Å². The monoisotopic (exact) mass is 544 g/mol. The molecule has 5 aliphatic carbocycles. The molecule has 2 N–H and O–H groups in total. The highest BCUT2D eigenvalue weighted by molar-refractivity contribution is 5.90. The molecule has 1 saturated heterocycles. The fourth-order valence-electron chi connectivity index (χ4n) is 12.6. The van der Waals surface area contributed by atoms with E-state index in [-0.39, 0.29) is 51.3 Å². The SMILES string of the molecule is CCC1CC(C(OC(C)=O)C(C)(C)O)OC2C(=O)C3C4CCC5C(C)(C)C(O)CCC56C(C)C46CCC3(C)C12. The summed E-state index contributed by atoms with van der Waals surface area (Å²) < 4.78 is 12.3. The van der Waals surface area contributed by atoms with Crippen LogP contribution < -0.4 is 0 Å². The van der Waals surface area contributed by atoms with Crippen molar-refractivity contribution in [1.29, 1.82) is 0 Å². The van der Waals surface area contributed by atoms with Crippen molar-refractivity contribution >= 4 is 11.8 Å². The maximum Gasteiger partial charge on any atom is 0.303 e. The molecule has 2 spiro atoms. The summed E-state index contributed by atoms with van der Waals surface area (Å²) >= 11 is 0. The van der Waals surface area contributed by atoms with E-state index in [0.29, 0.717) is 24.2 Å². The first-order valence-corrected chi connectivity index (χ1v) is 15.9. The highest BCUT2D eigenvalue weighted by Gasteiger charge is 2.85. The topological polar surface area (TPSA) is 93.1 Å². The molecule has 1 heterocycles. The number of carbonyl (C=O) groups is 2. The third-order valence-corrected chi connectivity index (χ3v) is 14.0. The van der Waals surface area contributed by atoms with E-state index in [2.05, 4.69) is 34.6 Å². The van der Waals surface area contributed by atoms with Crippen LogP contribution >= 0.6 is 0 Å². The highest BCUT2D eigenvalue weighted by atomic mass is 16.6. The van der Waals surface area contributed by atoms with Crippen LogP contribution in [-0.4, -0.2) is 52.0 Å². The molecule has 13 unspecified atom stereocenters. The van der Waals surface area contributed by atoms with E-state index in [9.17, 15) is 19.8 Å². The Morgan fingerprint density at radius 1 is 1.13 bits per heavy atom. The van der Waals surface area contributed by atoms with Gasteiger partial charge >= 0.3 is 5.97 Å². The lowest BCUT2D eigenvalue weighted by Gasteiger charge is -2.59. The number of aliphatic hydroxyl groups excluding tert-OH is 1. The van der Waals surface area contributed by atoms with Crippen molar-refractivity contribution in [1.82, 2.24) is 0 Å². The molecule has 0 aromatic carbocycles. The minimum atomic E-state index is -1.27. The van der Waals surface area contributed by atoms with Crippen LogP contribution in [0.2, 0.25) is 0 Å². The van der Waals surface area contributed by atoms with Crippen molar-refractivity contribution in [2.75, 3.05) is 0 Å². The summed E-state index contributed by atoms with van der Waals surface area (Å²) in [5.74, 6) is 1.78. The molecule has 6 heteroatoms. The van der Waals surface area contributed by atoms with Gasteiger partial charge in [0.15, 0.2) is 11.9 Å². The fourth-order valence-corrected chi connectivity index (χ4v) is 12.6. The maximum atomic E-state index is 14.6. The van der Waals surface area contributed by atoms with E-state index in [4.69, 9.17) is 9.47 Å². The molecule has 6 nitrogen and oxygen atoms in total. The average molecular weight is 545 g/mol. The summed E-state index contributed by atoms with van der Waals surface area (Å²) in [6.07, 6.45) is 5.99. The third kappa shape index (κ3) is 3.37. The largest absolute Gasteiger partial charge is 0.457 e. The van der Waals surface area contributed by atoms with E-state index in [1.165, 1.54) is 13.3 Å². The van der Waals surface area contributed by atoms with Crippen molar-refractivity contribution in [3.05, 3.63) is 0 Å². The van der Waals surface area contributed by atoms with Crippen LogP contribution in [0, 0.1) is 57.2 Å². The lowest BCUT2D eigenvalue weighted by Crippen LogP contribution is -2.56. The van der Waals surface area contributed by atoms with E-state index in [1.54, 1.807) is 13.8 Å². The molecule has 6 aliphatic rings. The van der Waals surface area contributed by atoms with Gasteiger partial charge in [-0.1, -0.05) is 41.0 Å². The first-order chi connectivity index (χ1) is 18.1. The van der Waals surface area contributed by atoms with Crippen molar-refractivity contribution in [2.24, 2.45) is 57.2 Å².